The van der Waals surface area contributed by atoms with Crippen molar-refractivity contribution >= 4 is 10.9 Å². The van der Waals surface area contributed by atoms with Gasteiger partial charge in [-0.1, -0.05) is 36.4 Å². The Morgan fingerprint density at radius 2 is 1.85 bits per heavy atom. The minimum absolute atomic E-state index is 0. The van der Waals surface area contributed by atoms with Crippen LogP contribution in [0, 0.1) is 11.8 Å². The Hall–Kier alpha value is -2.22. The standard InChI is InChI=1S/C27H28F3N2O.BrH/c1-2-19-17-32(16-18-7-9-21(10-8-18)27(28,29)30)14-12-20(19)15-25(32)26(33)23-11-13-31-24-6-4-3-5-22(23)24;/h2-11,13,19-20,25-26,33H,1,12,14-17H2;1H/q+1;/p-1/t19?,20?,25?,26?,32-;/m1./s1. The number of rotatable bonds is 5. The van der Waals surface area contributed by atoms with Crippen LogP contribution < -0.4 is 17.0 Å². The second kappa shape index (κ2) is 9.44. The first kappa shape index (κ1) is 24.9. The number of hydrogen-bond donors (Lipinski definition) is 1. The second-order valence-corrected chi connectivity index (χ2v) is 9.59. The molecule has 3 saturated heterocycles. The van der Waals surface area contributed by atoms with Crippen LogP contribution in [0.3, 0.4) is 0 Å². The van der Waals surface area contributed by atoms with Gasteiger partial charge in [-0.3, -0.25) is 4.98 Å². The summed E-state index contributed by atoms with van der Waals surface area (Å²) in [5, 5.41) is 12.6. The van der Waals surface area contributed by atoms with Crippen molar-refractivity contribution in [2.24, 2.45) is 11.8 Å². The molecule has 4 unspecified atom stereocenters. The molecule has 2 aromatic carbocycles. The van der Waals surface area contributed by atoms with Crippen LogP contribution in [-0.4, -0.2) is 33.7 Å². The second-order valence-electron chi connectivity index (χ2n) is 9.59. The van der Waals surface area contributed by atoms with Crippen LogP contribution in [0.4, 0.5) is 13.2 Å². The van der Waals surface area contributed by atoms with Gasteiger partial charge in [-0.25, -0.2) is 0 Å². The summed E-state index contributed by atoms with van der Waals surface area (Å²) in [4.78, 5) is 4.43. The molecule has 1 aromatic heterocycles. The molecule has 0 spiro atoms. The van der Waals surface area contributed by atoms with Crippen molar-refractivity contribution in [3.63, 3.8) is 0 Å². The van der Waals surface area contributed by atoms with E-state index in [0.717, 1.165) is 60.1 Å². The zero-order valence-electron chi connectivity index (χ0n) is 18.8. The fourth-order valence-corrected chi connectivity index (χ4v) is 6.13. The van der Waals surface area contributed by atoms with E-state index in [-0.39, 0.29) is 23.0 Å². The summed E-state index contributed by atoms with van der Waals surface area (Å²) in [6.45, 7) is 6.39. The first-order valence-electron chi connectivity index (χ1n) is 11.5. The normalized spacial score (nSPS) is 27.2. The largest absolute Gasteiger partial charge is 1.00 e. The van der Waals surface area contributed by atoms with Crippen LogP contribution in [0.25, 0.3) is 10.9 Å². The lowest BCUT2D eigenvalue weighted by molar-refractivity contribution is -0.984. The number of quaternary nitrogens is 1. The third kappa shape index (κ3) is 4.41. The summed E-state index contributed by atoms with van der Waals surface area (Å²) >= 11 is 0. The highest BCUT2D eigenvalue weighted by molar-refractivity contribution is 5.82. The Morgan fingerprint density at radius 1 is 1.12 bits per heavy atom. The number of aliphatic hydroxyl groups excluding tert-OH is 1. The average molecular weight is 533 g/mol. The van der Waals surface area contributed by atoms with Gasteiger partial charge >= 0.3 is 6.18 Å². The number of aliphatic hydroxyl groups is 1. The summed E-state index contributed by atoms with van der Waals surface area (Å²) in [5.74, 6) is 0.827. The number of nitrogens with zero attached hydrogens (tertiary/aromatic N) is 2. The van der Waals surface area contributed by atoms with Crippen molar-refractivity contribution in [1.29, 1.82) is 0 Å². The minimum Gasteiger partial charge on any atom is -1.00 e. The van der Waals surface area contributed by atoms with Gasteiger partial charge in [0.1, 0.15) is 18.7 Å². The molecule has 1 N–H and O–H groups in total. The van der Waals surface area contributed by atoms with E-state index in [1.54, 1.807) is 18.3 Å². The van der Waals surface area contributed by atoms with Crippen molar-refractivity contribution in [3.05, 3.63) is 90.1 Å². The maximum Gasteiger partial charge on any atom is 0.416 e. The highest BCUT2D eigenvalue weighted by atomic mass is 79.9. The maximum absolute atomic E-state index is 13.1. The van der Waals surface area contributed by atoms with E-state index in [1.165, 1.54) is 0 Å². The molecular weight excluding hydrogens is 505 g/mol. The van der Waals surface area contributed by atoms with E-state index in [2.05, 4.69) is 11.6 Å². The average Bonchev–Trinajstić information content (AvgIpc) is 2.83. The van der Waals surface area contributed by atoms with Gasteiger partial charge in [-0.15, -0.1) is 6.58 Å². The Balaban J connectivity index is 0.00000274. The predicted octanol–water partition coefficient (Wildman–Crippen LogP) is 2.90. The molecule has 0 radical (unpaired) electrons. The van der Waals surface area contributed by atoms with E-state index in [9.17, 15) is 18.3 Å². The molecule has 3 fully saturated rings. The molecular formula is C27H28BrF3N2O. The molecule has 3 aromatic rings. The molecule has 4 heterocycles. The summed E-state index contributed by atoms with van der Waals surface area (Å²) < 4.78 is 39.8. The minimum atomic E-state index is -4.34. The predicted molar refractivity (Wildman–Crippen MR) is 122 cm³/mol. The van der Waals surface area contributed by atoms with Gasteiger partial charge in [-0.05, 0) is 35.7 Å². The lowest BCUT2D eigenvalue weighted by atomic mass is 9.71. The topological polar surface area (TPSA) is 33.1 Å². The van der Waals surface area contributed by atoms with E-state index >= 15 is 0 Å². The van der Waals surface area contributed by atoms with Gasteiger partial charge in [0.05, 0.1) is 24.2 Å². The van der Waals surface area contributed by atoms with Crippen molar-refractivity contribution in [2.45, 2.75) is 37.7 Å². The molecule has 3 aliphatic heterocycles. The van der Waals surface area contributed by atoms with Crippen molar-refractivity contribution in [2.75, 3.05) is 13.1 Å². The van der Waals surface area contributed by atoms with Crippen LogP contribution in [0.15, 0.2) is 73.4 Å². The number of alkyl halides is 3. The Labute approximate surface area is 208 Å². The number of halogens is 4. The number of aromatic nitrogens is 1. The van der Waals surface area contributed by atoms with E-state index < -0.39 is 17.8 Å². The van der Waals surface area contributed by atoms with Crippen LogP contribution in [0.2, 0.25) is 0 Å². The van der Waals surface area contributed by atoms with Crippen LogP contribution in [-0.2, 0) is 12.7 Å². The highest BCUT2D eigenvalue weighted by Crippen LogP contribution is 2.48. The van der Waals surface area contributed by atoms with Crippen LogP contribution >= 0.6 is 0 Å². The number of pyridine rings is 1. The zero-order valence-corrected chi connectivity index (χ0v) is 20.3. The first-order chi connectivity index (χ1) is 15.8. The Kier molecular flexibility index (Phi) is 6.91. The number of para-hydroxylation sites is 1. The number of benzene rings is 2. The van der Waals surface area contributed by atoms with Gasteiger partial charge < -0.3 is 26.6 Å². The molecule has 7 heteroatoms. The third-order valence-corrected chi connectivity index (χ3v) is 7.82. The molecule has 0 amide bonds. The molecule has 5 atom stereocenters. The fourth-order valence-electron chi connectivity index (χ4n) is 6.13. The lowest BCUT2D eigenvalue weighted by Crippen LogP contribution is -3.00. The molecule has 180 valence electrons. The highest BCUT2D eigenvalue weighted by Gasteiger charge is 2.54. The zero-order chi connectivity index (χ0) is 23.2. The summed E-state index contributed by atoms with van der Waals surface area (Å²) in [7, 11) is 0. The quantitative estimate of drug-likeness (QED) is 0.405. The van der Waals surface area contributed by atoms with Crippen LogP contribution in [0.5, 0.6) is 0 Å². The Bertz CT molecular complexity index is 1160. The summed E-state index contributed by atoms with van der Waals surface area (Å²) in [5.41, 5.74) is 1.96. The van der Waals surface area contributed by atoms with Crippen LogP contribution in [0.1, 0.15) is 35.6 Å². The van der Waals surface area contributed by atoms with Gasteiger partial charge in [0, 0.05) is 35.9 Å². The van der Waals surface area contributed by atoms with Crippen molar-refractivity contribution < 1.29 is 39.7 Å². The molecule has 0 aliphatic carbocycles. The smallest absolute Gasteiger partial charge is 0.416 e. The SMILES string of the molecule is C=CC1C[N@+]2(Cc3ccc(C(F)(F)F)cc3)CCC1CC2C(O)c1ccnc2ccccc12.[Br-]. The first-order valence-corrected chi connectivity index (χ1v) is 11.5. The fraction of sp³-hybridized carbons (Fsp3) is 0.370. The maximum atomic E-state index is 13.1. The lowest BCUT2D eigenvalue weighted by Gasteiger charge is -2.58. The summed E-state index contributed by atoms with van der Waals surface area (Å²) in [6.07, 6.45) is 0.648. The van der Waals surface area contributed by atoms with E-state index in [0.29, 0.717) is 22.9 Å². The molecule has 3 aliphatic rings. The molecule has 0 saturated carbocycles. The van der Waals surface area contributed by atoms with Crippen molar-refractivity contribution in [3.8, 4) is 0 Å². The van der Waals surface area contributed by atoms with Gasteiger partial charge in [0.25, 0.3) is 0 Å². The van der Waals surface area contributed by atoms with E-state index in [1.807, 2.05) is 36.4 Å². The summed E-state index contributed by atoms with van der Waals surface area (Å²) in [6, 6.07) is 15.2. The molecule has 34 heavy (non-hydrogen) atoms. The van der Waals surface area contributed by atoms with Crippen molar-refractivity contribution in [1.82, 2.24) is 4.98 Å². The van der Waals surface area contributed by atoms with E-state index in [4.69, 9.17) is 0 Å². The van der Waals surface area contributed by atoms with Gasteiger partial charge in [-0.2, -0.15) is 13.2 Å². The molecule has 6 rings (SSSR count). The third-order valence-electron chi connectivity index (χ3n) is 7.82. The number of fused-ring (bicyclic) bond motifs is 4. The number of hydrogen-bond acceptors (Lipinski definition) is 2. The Morgan fingerprint density at radius 3 is 2.56 bits per heavy atom. The molecule has 3 nitrogen and oxygen atoms in total. The van der Waals surface area contributed by atoms with Gasteiger partial charge in [0.15, 0.2) is 0 Å². The number of piperidine rings is 3. The monoisotopic (exact) mass is 532 g/mol. The van der Waals surface area contributed by atoms with Gasteiger partial charge in [0.2, 0.25) is 0 Å². The molecule has 2 bridgehead atoms.